The minimum absolute atomic E-state index is 0.0290. The molecule has 23 heavy (non-hydrogen) atoms. The summed E-state index contributed by atoms with van der Waals surface area (Å²) in [6.45, 7) is 1.90. The van der Waals surface area contributed by atoms with Crippen molar-refractivity contribution >= 4 is 33.2 Å². The normalized spacial score (nSPS) is 12.9. The van der Waals surface area contributed by atoms with Crippen LogP contribution in [0.15, 0.2) is 47.4 Å². The van der Waals surface area contributed by atoms with Crippen LogP contribution < -0.4 is 9.46 Å². The second kappa shape index (κ2) is 7.53. The fraction of sp³-hybridized carbons (Fsp3) is 0.250. The molecule has 0 saturated heterocycles. The van der Waals surface area contributed by atoms with Gasteiger partial charge in [0, 0.05) is 11.1 Å². The van der Waals surface area contributed by atoms with Gasteiger partial charge < -0.3 is 4.74 Å². The topological polar surface area (TPSA) is 55.4 Å². The maximum absolute atomic E-state index is 12.6. The summed E-state index contributed by atoms with van der Waals surface area (Å²) in [5.41, 5.74) is 0.843. The second-order valence-corrected chi connectivity index (χ2v) is 7.46. The molecule has 0 aliphatic carbocycles. The van der Waals surface area contributed by atoms with E-state index in [0.717, 1.165) is 5.56 Å². The van der Waals surface area contributed by atoms with E-state index in [-0.39, 0.29) is 16.0 Å². The Balaban J connectivity index is 2.31. The second-order valence-electron chi connectivity index (χ2n) is 4.93. The number of hydrogen-bond acceptors (Lipinski definition) is 3. The molecule has 2 rings (SSSR count). The molecule has 2 aromatic rings. The predicted molar refractivity (Wildman–Crippen MR) is 92.8 cm³/mol. The van der Waals surface area contributed by atoms with E-state index in [1.165, 1.54) is 12.1 Å². The van der Waals surface area contributed by atoms with Crippen molar-refractivity contribution in [2.24, 2.45) is 0 Å². The molecule has 0 radical (unpaired) electrons. The van der Waals surface area contributed by atoms with Gasteiger partial charge in [0.05, 0.1) is 12.1 Å². The Bertz CT molecular complexity index is 776. The zero-order valence-corrected chi connectivity index (χ0v) is 15.0. The Morgan fingerprint density at radius 1 is 1.13 bits per heavy atom. The van der Waals surface area contributed by atoms with Crippen LogP contribution in [0.1, 0.15) is 24.9 Å². The van der Waals surface area contributed by atoms with E-state index in [0.29, 0.717) is 17.2 Å². The quantitative estimate of drug-likeness (QED) is 0.814. The van der Waals surface area contributed by atoms with E-state index in [2.05, 4.69) is 4.72 Å². The van der Waals surface area contributed by atoms with Crippen molar-refractivity contribution < 1.29 is 13.2 Å². The third-order valence-corrected chi connectivity index (χ3v) is 5.59. The number of halogens is 2. The first kappa shape index (κ1) is 18.1. The van der Waals surface area contributed by atoms with Crippen LogP contribution in [0.5, 0.6) is 5.75 Å². The fourth-order valence-corrected chi connectivity index (χ4v) is 4.23. The molecule has 0 bridgehead atoms. The minimum atomic E-state index is -3.79. The van der Waals surface area contributed by atoms with Gasteiger partial charge in [0.15, 0.2) is 0 Å². The van der Waals surface area contributed by atoms with Crippen LogP contribution in [0.2, 0.25) is 10.0 Å². The SMILES string of the molecule is CC[C@@H](NS(=O)(=O)c1cc(Cl)ccc1Cl)c1ccc(OC)cc1. The van der Waals surface area contributed by atoms with E-state index < -0.39 is 10.0 Å². The summed E-state index contributed by atoms with van der Waals surface area (Å²) in [6, 6.07) is 11.2. The Labute approximate surface area is 146 Å². The number of rotatable bonds is 6. The number of hydrogen-bond donors (Lipinski definition) is 1. The largest absolute Gasteiger partial charge is 0.497 e. The molecule has 0 aliphatic rings. The van der Waals surface area contributed by atoms with Gasteiger partial charge in [0.25, 0.3) is 0 Å². The molecule has 0 spiro atoms. The highest BCUT2D eigenvalue weighted by Crippen LogP contribution is 2.28. The molecular formula is C16H17Cl2NO3S. The Morgan fingerprint density at radius 2 is 1.78 bits per heavy atom. The average molecular weight is 374 g/mol. The first-order chi connectivity index (χ1) is 10.9. The zero-order chi connectivity index (χ0) is 17.0. The van der Waals surface area contributed by atoms with Gasteiger partial charge in [-0.15, -0.1) is 0 Å². The van der Waals surface area contributed by atoms with E-state index in [1.54, 1.807) is 25.3 Å². The summed E-state index contributed by atoms with van der Waals surface area (Å²) in [5.74, 6) is 0.712. The molecule has 124 valence electrons. The number of methoxy groups -OCH3 is 1. The molecule has 0 aliphatic heterocycles. The molecule has 0 amide bonds. The van der Waals surface area contributed by atoms with Gasteiger partial charge in [0.2, 0.25) is 10.0 Å². The maximum Gasteiger partial charge on any atom is 0.242 e. The highest BCUT2D eigenvalue weighted by atomic mass is 35.5. The van der Waals surface area contributed by atoms with Gasteiger partial charge in [-0.25, -0.2) is 13.1 Å². The molecule has 0 saturated carbocycles. The van der Waals surface area contributed by atoms with Gasteiger partial charge in [-0.3, -0.25) is 0 Å². The van der Waals surface area contributed by atoms with Crippen molar-refractivity contribution in [3.8, 4) is 5.75 Å². The van der Waals surface area contributed by atoms with Crippen LogP contribution in [-0.2, 0) is 10.0 Å². The monoisotopic (exact) mass is 373 g/mol. The molecule has 7 heteroatoms. The highest BCUT2D eigenvalue weighted by molar-refractivity contribution is 7.89. The molecule has 0 unspecified atom stereocenters. The Kier molecular flexibility index (Phi) is 5.92. The van der Waals surface area contributed by atoms with Crippen LogP contribution in [0, 0.1) is 0 Å². The highest BCUT2D eigenvalue weighted by Gasteiger charge is 2.23. The predicted octanol–water partition coefficient (Wildman–Crippen LogP) is 4.43. The molecule has 4 nitrogen and oxygen atoms in total. The summed E-state index contributed by atoms with van der Waals surface area (Å²) >= 11 is 11.9. The van der Waals surface area contributed by atoms with Gasteiger partial charge in [-0.05, 0) is 42.3 Å². The number of ether oxygens (including phenoxy) is 1. The zero-order valence-electron chi connectivity index (χ0n) is 12.7. The lowest BCUT2D eigenvalue weighted by atomic mass is 10.1. The molecule has 2 aromatic carbocycles. The lowest BCUT2D eigenvalue weighted by molar-refractivity contribution is 0.414. The molecular weight excluding hydrogens is 357 g/mol. The van der Waals surface area contributed by atoms with E-state index in [9.17, 15) is 8.42 Å². The van der Waals surface area contributed by atoms with Crippen LogP contribution in [-0.4, -0.2) is 15.5 Å². The van der Waals surface area contributed by atoms with Crippen molar-refractivity contribution in [1.29, 1.82) is 0 Å². The minimum Gasteiger partial charge on any atom is -0.497 e. The molecule has 0 heterocycles. The molecule has 1 atom stereocenters. The molecule has 0 fully saturated rings. The summed E-state index contributed by atoms with van der Waals surface area (Å²) in [6.07, 6.45) is 0.587. The number of benzene rings is 2. The number of sulfonamides is 1. The van der Waals surface area contributed by atoms with Crippen molar-refractivity contribution in [3.05, 3.63) is 58.1 Å². The van der Waals surface area contributed by atoms with Gasteiger partial charge in [0.1, 0.15) is 10.6 Å². The van der Waals surface area contributed by atoms with Crippen LogP contribution in [0.25, 0.3) is 0 Å². The smallest absolute Gasteiger partial charge is 0.242 e. The maximum atomic E-state index is 12.6. The van der Waals surface area contributed by atoms with Crippen LogP contribution in [0.4, 0.5) is 0 Å². The van der Waals surface area contributed by atoms with Gasteiger partial charge >= 0.3 is 0 Å². The van der Waals surface area contributed by atoms with Crippen LogP contribution >= 0.6 is 23.2 Å². The number of nitrogens with one attached hydrogen (secondary N) is 1. The van der Waals surface area contributed by atoms with E-state index in [1.807, 2.05) is 19.1 Å². The Hall–Kier alpha value is -1.27. The van der Waals surface area contributed by atoms with E-state index in [4.69, 9.17) is 27.9 Å². The molecule has 1 N–H and O–H groups in total. The fourth-order valence-electron chi connectivity index (χ4n) is 2.16. The van der Waals surface area contributed by atoms with Crippen molar-refractivity contribution in [2.75, 3.05) is 7.11 Å². The van der Waals surface area contributed by atoms with Crippen molar-refractivity contribution in [1.82, 2.24) is 4.72 Å². The lowest BCUT2D eigenvalue weighted by Crippen LogP contribution is -2.28. The summed E-state index contributed by atoms with van der Waals surface area (Å²) < 4.78 is 33.0. The average Bonchev–Trinajstić information content (AvgIpc) is 2.55. The first-order valence-corrected chi connectivity index (χ1v) is 9.22. The lowest BCUT2D eigenvalue weighted by Gasteiger charge is -2.18. The standard InChI is InChI=1S/C16H17Cl2NO3S/c1-3-15(11-4-7-13(22-2)8-5-11)19-23(20,21)16-10-12(17)6-9-14(16)18/h4-10,15,19H,3H2,1-2H3/t15-/m1/s1. The Morgan fingerprint density at radius 3 is 2.35 bits per heavy atom. The third kappa shape index (κ3) is 4.38. The molecule has 0 aromatic heterocycles. The van der Waals surface area contributed by atoms with Gasteiger partial charge in [-0.2, -0.15) is 0 Å². The summed E-state index contributed by atoms with van der Waals surface area (Å²) in [7, 11) is -2.21. The van der Waals surface area contributed by atoms with E-state index >= 15 is 0 Å². The van der Waals surface area contributed by atoms with Crippen LogP contribution in [0.3, 0.4) is 0 Å². The van der Waals surface area contributed by atoms with Crippen molar-refractivity contribution in [3.63, 3.8) is 0 Å². The van der Waals surface area contributed by atoms with Gasteiger partial charge in [-0.1, -0.05) is 42.3 Å². The summed E-state index contributed by atoms with van der Waals surface area (Å²) in [4.78, 5) is -0.0290. The van der Waals surface area contributed by atoms with Crippen molar-refractivity contribution in [2.45, 2.75) is 24.3 Å². The first-order valence-electron chi connectivity index (χ1n) is 6.98. The summed E-state index contributed by atoms with van der Waals surface area (Å²) in [5, 5.41) is 0.443. The third-order valence-electron chi connectivity index (χ3n) is 3.41.